The molecule has 0 saturated heterocycles. The quantitative estimate of drug-likeness (QED) is 0.112. The first-order valence-corrected chi connectivity index (χ1v) is 17.6. The van der Waals surface area contributed by atoms with Crippen LogP contribution in [0.15, 0.2) is 78.1 Å². The molecule has 3 unspecified atom stereocenters. The van der Waals surface area contributed by atoms with E-state index in [1.54, 1.807) is 24.3 Å². The molecule has 0 radical (unpaired) electrons. The summed E-state index contributed by atoms with van der Waals surface area (Å²) >= 11 is 0. The van der Waals surface area contributed by atoms with Crippen molar-refractivity contribution in [3.8, 4) is 34.5 Å². The summed E-state index contributed by atoms with van der Waals surface area (Å²) in [5.41, 5.74) is 5.42. The number of rotatable bonds is 6. The number of phenols is 4. The number of anilines is 1. The number of methoxy groups -OCH3 is 1. The van der Waals surface area contributed by atoms with Crippen LogP contribution in [0.5, 0.6) is 34.5 Å². The second kappa shape index (κ2) is 14.5. The molecule has 51 heavy (non-hydrogen) atoms. The van der Waals surface area contributed by atoms with E-state index < -0.39 is 17.9 Å². The SMILES string of the molecule is COc1cc(C2CCc3c(ccc4cc(O)ccc34)NC3=CC(=CCN3)CC(C(O)CCc3ccc(O)c4c3CCCO4)C(=O)C2)cc(O)c1O. The molecule has 3 aliphatic heterocycles. The molecule has 4 aromatic carbocycles. The molecule has 7 rings (SSSR count). The van der Waals surface area contributed by atoms with Crippen LogP contribution in [0.1, 0.15) is 60.3 Å². The van der Waals surface area contributed by atoms with E-state index in [-0.39, 0.29) is 41.0 Å². The fraction of sp³-hybridized carbons (Fsp3) is 0.341. The van der Waals surface area contributed by atoms with Gasteiger partial charge in [0.05, 0.1) is 19.8 Å². The predicted molar refractivity (Wildman–Crippen MR) is 195 cm³/mol. The first kappa shape index (κ1) is 34.1. The number of nitrogens with one attached hydrogen (secondary N) is 2. The minimum absolute atomic E-state index is 0.0912. The van der Waals surface area contributed by atoms with Crippen molar-refractivity contribution in [2.24, 2.45) is 5.92 Å². The van der Waals surface area contributed by atoms with Crippen LogP contribution in [0, 0.1) is 5.92 Å². The van der Waals surface area contributed by atoms with Gasteiger partial charge in [0.2, 0.25) is 5.75 Å². The maximum absolute atomic E-state index is 14.5. The summed E-state index contributed by atoms with van der Waals surface area (Å²) in [4.78, 5) is 14.5. The summed E-state index contributed by atoms with van der Waals surface area (Å²) in [6.07, 6.45) is 7.05. The maximum atomic E-state index is 14.5. The molecule has 4 aromatic rings. The average molecular weight is 693 g/mol. The molecule has 10 nitrogen and oxygen atoms in total. The number of benzene rings is 4. The number of hydrogen-bond acceptors (Lipinski definition) is 10. The van der Waals surface area contributed by atoms with Gasteiger partial charge in [-0.2, -0.15) is 0 Å². The van der Waals surface area contributed by atoms with Crippen molar-refractivity contribution in [3.05, 3.63) is 100 Å². The third kappa shape index (κ3) is 7.14. The number of phenolic OH excluding ortho intramolecular Hbond substituents is 4. The molecule has 10 heteroatoms. The number of Topliss-reactive ketones (excluding diaryl/α,β-unsaturated/α-hetero) is 1. The summed E-state index contributed by atoms with van der Waals surface area (Å²) in [6.45, 7) is 1.10. The number of aliphatic hydroxyl groups is 1. The third-order valence-corrected chi connectivity index (χ3v) is 10.5. The molecule has 3 atom stereocenters. The third-order valence-electron chi connectivity index (χ3n) is 10.5. The summed E-state index contributed by atoms with van der Waals surface area (Å²) in [7, 11) is 1.41. The van der Waals surface area contributed by atoms with Gasteiger partial charge in [-0.25, -0.2) is 0 Å². The van der Waals surface area contributed by atoms with Crippen LogP contribution in [-0.4, -0.2) is 57.7 Å². The van der Waals surface area contributed by atoms with Crippen LogP contribution >= 0.6 is 0 Å². The highest BCUT2D eigenvalue weighted by atomic mass is 16.5. The zero-order valence-electron chi connectivity index (χ0n) is 28.6. The van der Waals surface area contributed by atoms with E-state index >= 15 is 0 Å². The van der Waals surface area contributed by atoms with Gasteiger partial charge in [0.1, 0.15) is 17.4 Å². The van der Waals surface area contributed by atoms with E-state index in [0.29, 0.717) is 56.6 Å². The number of fused-ring (bicyclic) bond motifs is 5. The molecule has 0 aliphatic carbocycles. The lowest BCUT2D eigenvalue weighted by atomic mass is 9.80. The summed E-state index contributed by atoms with van der Waals surface area (Å²) < 4.78 is 11.1. The molecule has 2 bridgehead atoms. The van der Waals surface area contributed by atoms with Crippen molar-refractivity contribution in [1.82, 2.24) is 5.32 Å². The summed E-state index contributed by atoms with van der Waals surface area (Å²) in [5.74, 6) is -0.212. The Morgan fingerprint density at radius 2 is 1.82 bits per heavy atom. The Bertz CT molecular complexity index is 2040. The normalized spacial score (nSPS) is 19.7. The van der Waals surface area contributed by atoms with Gasteiger partial charge in [-0.1, -0.05) is 24.3 Å². The Kier molecular flexibility index (Phi) is 9.69. The highest BCUT2D eigenvalue weighted by Crippen LogP contribution is 2.42. The summed E-state index contributed by atoms with van der Waals surface area (Å²) in [6, 6.07) is 15.9. The molecule has 0 aromatic heterocycles. The molecule has 0 amide bonds. The number of hydrogen-bond donors (Lipinski definition) is 7. The van der Waals surface area contributed by atoms with Crippen molar-refractivity contribution < 1.29 is 39.8 Å². The molecule has 3 heterocycles. The van der Waals surface area contributed by atoms with Crippen molar-refractivity contribution in [3.63, 3.8) is 0 Å². The Labute approximate surface area is 296 Å². The minimum atomic E-state index is -0.950. The number of allylic oxidation sites excluding steroid dienone is 2. The second-order valence-corrected chi connectivity index (χ2v) is 13.8. The van der Waals surface area contributed by atoms with Gasteiger partial charge in [0.15, 0.2) is 23.0 Å². The van der Waals surface area contributed by atoms with Crippen LogP contribution in [0.25, 0.3) is 10.8 Å². The van der Waals surface area contributed by atoms with Gasteiger partial charge in [-0.15, -0.1) is 0 Å². The van der Waals surface area contributed by atoms with Crippen molar-refractivity contribution in [2.75, 3.05) is 25.6 Å². The van der Waals surface area contributed by atoms with Crippen LogP contribution in [0.2, 0.25) is 0 Å². The number of ketones is 1. The minimum Gasteiger partial charge on any atom is -0.508 e. The smallest absolute Gasteiger partial charge is 0.200 e. The van der Waals surface area contributed by atoms with Crippen molar-refractivity contribution >= 4 is 22.2 Å². The first-order valence-electron chi connectivity index (χ1n) is 17.6. The number of carbonyl (C=O) groups excluding carboxylic acids is 1. The number of carbonyl (C=O) groups is 1. The number of aryl methyl sites for hydroxylation is 2. The van der Waals surface area contributed by atoms with Gasteiger partial charge in [-0.05, 0) is 126 Å². The average Bonchev–Trinajstić information content (AvgIpc) is 3.14. The fourth-order valence-corrected chi connectivity index (χ4v) is 7.80. The molecular formula is C41H44N2O8. The van der Waals surface area contributed by atoms with E-state index in [2.05, 4.69) is 10.6 Å². The van der Waals surface area contributed by atoms with E-state index in [0.717, 1.165) is 57.4 Å². The van der Waals surface area contributed by atoms with Crippen molar-refractivity contribution in [1.29, 1.82) is 0 Å². The van der Waals surface area contributed by atoms with E-state index in [9.17, 15) is 30.3 Å². The largest absolute Gasteiger partial charge is 0.508 e. The Hall–Kier alpha value is -5.35. The molecular weight excluding hydrogens is 648 g/mol. The molecule has 0 spiro atoms. The fourth-order valence-electron chi connectivity index (χ4n) is 7.80. The maximum Gasteiger partial charge on any atom is 0.200 e. The highest BCUT2D eigenvalue weighted by molar-refractivity contribution is 5.91. The number of aromatic hydroxyl groups is 4. The lowest BCUT2D eigenvalue weighted by Gasteiger charge is -2.27. The highest BCUT2D eigenvalue weighted by Gasteiger charge is 2.32. The number of ether oxygens (including phenoxy) is 2. The Morgan fingerprint density at radius 1 is 0.961 bits per heavy atom. The van der Waals surface area contributed by atoms with Gasteiger partial charge < -0.3 is 45.6 Å². The van der Waals surface area contributed by atoms with Gasteiger partial charge >= 0.3 is 0 Å². The van der Waals surface area contributed by atoms with Crippen LogP contribution in [0.3, 0.4) is 0 Å². The molecule has 7 N–H and O–H groups in total. The van der Waals surface area contributed by atoms with Crippen LogP contribution in [-0.2, 0) is 24.1 Å². The molecule has 3 aliphatic rings. The van der Waals surface area contributed by atoms with E-state index in [1.807, 2.05) is 36.4 Å². The van der Waals surface area contributed by atoms with E-state index in [1.165, 1.54) is 13.2 Å². The lowest BCUT2D eigenvalue weighted by Crippen LogP contribution is -2.31. The lowest BCUT2D eigenvalue weighted by molar-refractivity contribution is -0.127. The predicted octanol–water partition coefficient (Wildman–Crippen LogP) is 6.47. The Balaban J connectivity index is 1.25. The molecule has 266 valence electrons. The summed E-state index contributed by atoms with van der Waals surface area (Å²) in [5, 5.41) is 62.3. The van der Waals surface area contributed by atoms with Gasteiger partial charge in [0.25, 0.3) is 0 Å². The van der Waals surface area contributed by atoms with Gasteiger partial charge in [-0.3, -0.25) is 4.79 Å². The molecule has 0 saturated carbocycles. The zero-order valence-corrected chi connectivity index (χ0v) is 28.6. The number of dihydropyridines is 1. The second-order valence-electron chi connectivity index (χ2n) is 13.8. The number of aliphatic hydroxyl groups excluding tert-OH is 1. The van der Waals surface area contributed by atoms with Crippen LogP contribution < -0.4 is 20.1 Å². The van der Waals surface area contributed by atoms with Gasteiger partial charge in [0, 0.05) is 30.1 Å². The van der Waals surface area contributed by atoms with E-state index in [4.69, 9.17) is 9.47 Å². The van der Waals surface area contributed by atoms with Crippen LogP contribution in [0.4, 0.5) is 5.69 Å². The Morgan fingerprint density at radius 3 is 2.67 bits per heavy atom. The zero-order chi connectivity index (χ0) is 35.6. The monoisotopic (exact) mass is 692 g/mol. The standard InChI is InChI=1S/C41H44N2O8/c1-50-38-22-27(21-37(48)40(38)49)25-4-9-31-29-10-8-28(44)19-26(29)5-11-33(31)43-39-18-23(14-15-42-39)17-32(36(47)20-25)34(45)12-6-24-7-13-35(46)41-30(24)3-2-16-51-41/h5,7-8,10-11,13-14,18-19,21-22,25,32,34,42-46,48-49H,2-4,6,9,12,15-17,20H2,1H3. The topological polar surface area (TPSA) is 161 Å². The first-order chi connectivity index (χ1) is 24.7. The van der Waals surface area contributed by atoms with Crippen molar-refractivity contribution in [2.45, 2.75) is 63.4 Å². The molecule has 0 fully saturated rings.